The number of hydrogen-bond acceptors (Lipinski definition) is 2. The lowest BCUT2D eigenvalue weighted by atomic mass is 10.3. The zero-order valence-electron chi connectivity index (χ0n) is 8.91. The van der Waals surface area contributed by atoms with Gasteiger partial charge in [-0.3, -0.25) is 0 Å². The molecule has 0 saturated heterocycles. The first-order chi connectivity index (χ1) is 7.45. The molecule has 0 aliphatic carbocycles. The van der Waals surface area contributed by atoms with Crippen LogP contribution in [0.5, 0.6) is 11.5 Å². The Morgan fingerprint density at radius 3 is 1.29 bits per heavy atom. The molecule has 0 heterocycles. The molecule has 0 aliphatic heterocycles. The van der Waals surface area contributed by atoms with Gasteiger partial charge in [0.05, 0.1) is 0 Å². The Hall–Kier alpha value is -1.16. The van der Waals surface area contributed by atoms with Crippen molar-refractivity contribution in [3.63, 3.8) is 0 Å². The van der Waals surface area contributed by atoms with Gasteiger partial charge in [-0.15, -0.1) is 24.8 Å². The van der Waals surface area contributed by atoms with Crippen LogP contribution in [0.15, 0.2) is 60.7 Å². The first kappa shape index (κ1) is 15.8. The average Bonchev–Trinajstić information content (AvgIpc) is 2.32. The summed E-state index contributed by atoms with van der Waals surface area (Å²) in [5.41, 5.74) is 0. The Bertz CT molecular complexity index is 358. The summed E-state index contributed by atoms with van der Waals surface area (Å²) in [6.45, 7) is 0. The van der Waals surface area contributed by atoms with Gasteiger partial charge in [-0.05, 0) is 24.3 Å². The molecule has 0 N–H and O–H groups in total. The number of hydrogen-bond donors (Lipinski definition) is 0. The number of halogens is 2. The summed E-state index contributed by atoms with van der Waals surface area (Å²) in [6.07, 6.45) is 0. The largest absolute Gasteiger partial charge is 0.610 e. The summed E-state index contributed by atoms with van der Waals surface area (Å²) in [5.74, 6) is 1.65. The smallest absolute Gasteiger partial charge is 0.508 e. The van der Waals surface area contributed by atoms with E-state index < -0.39 is 0 Å². The first-order valence-electron chi connectivity index (χ1n) is 4.64. The highest BCUT2D eigenvalue weighted by Gasteiger charge is 1.98. The molecule has 0 amide bonds. The summed E-state index contributed by atoms with van der Waals surface area (Å²) in [4.78, 5) is 0. The second-order valence-corrected chi connectivity index (χ2v) is 3.49. The summed E-state index contributed by atoms with van der Waals surface area (Å²) in [6, 6.07) is 19.3. The van der Waals surface area contributed by atoms with Crippen LogP contribution in [0.4, 0.5) is 0 Å². The quantitative estimate of drug-likeness (QED) is 0.801. The van der Waals surface area contributed by atoms with Gasteiger partial charge >= 0.3 is 10.0 Å². The fraction of sp³-hybridized carbons (Fsp3) is 0. The van der Waals surface area contributed by atoms with Crippen molar-refractivity contribution in [1.29, 1.82) is 0 Å². The molecule has 2 radical (unpaired) electrons. The maximum Gasteiger partial charge on any atom is 0.610 e. The third kappa shape index (κ3) is 5.63. The molecule has 0 aromatic heterocycles. The molecule has 90 valence electrons. The highest BCUT2D eigenvalue weighted by molar-refractivity contribution is 6.20. The topological polar surface area (TPSA) is 18.5 Å². The third-order valence-corrected chi connectivity index (χ3v) is 2.44. The van der Waals surface area contributed by atoms with Gasteiger partial charge in [-0.25, -0.2) is 0 Å². The molecule has 0 aliphatic rings. The average molecular weight is 287 g/mol. The normalized spacial score (nSPS) is 8.47. The van der Waals surface area contributed by atoms with Gasteiger partial charge in [0.2, 0.25) is 0 Å². The van der Waals surface area contributed by atoms with E-state index in [1.54, 1.807) is 0 Å². The molecule has 0 unspecified atom stereocenters. The minimum absolute atomic E-state index is 0. The molecule has 0 fully saturated rings. The fourth-order valence-corrected chi connectivity index (χ4v) is 1.60. The van der Waals surface area contributed by atoms with Gasteiger partial charge in [-0.2, -0.15) is 0 Å². The second-order valence-electron chi connectivity index (χ2n) is 2.91. The molecule has 5 heteroatoms. The van der Waals surface area contributed by atoms with E-state index in [1.807, 2.05) is 60.7 Å². The lowest BCUT2D eigenvalue weighted by molar-refractivity contribution is 0.459. The third-order valence-electron chi connectivity index (χ3n) is 1.81. The van der Waals surface area contributed by atoms with Crippen LogP contribution in [0.1, 0.15) is 0 Å². The van der Waals surface area contributed by atoms with Crippen LogP contribution >= 0.6 is 24.8 Å². The van der Waals surface area contributed by atoms with E-state index in [2.05, 4.69) is 0 Å². The molecule has 2 rings (SSSR count). The highest BCUT2D eigenvalue weighted by atomic mass is 35.5. The van der Waals surface area contributed by atoms with E-state index in [9.17, 15) is 0 Å². The maximum atomic E-state index is 5.42. The maximum absolute atomic E-state index is 5.42. The number of rotatable bonds is 4. The van der Waals surface area contributed by atoms with Crippen molar-refractivity contribution in [1.82, 2.24) is 0 Å². The Kier molecular flexibility index (Phi) is 8.32. The fourth-order valence-electron chi connectivity index (χ4n) is 1.09. The van der Waals surface area contributed by atoms with Crippen LogP contribution in [-0.2, 0) is 0 Å². The van der Waals surface area contributed by atoms with Gasteiger partial charge in [0.25, 0.3) is 0 Å². The molecular weight excluding hydrogens is 275 g/mol. The SMILES string of the molecule is Cl.Cl.c1ccc(O[Si]Oc2ccccc2)cc1. The molecule has 17 heavy (non-hydrogen) atoms. The van der Waals surface area contributed by atoms with E-state index in [4.69, 9.17) is 8.85 Å². The monoisotopic (exact) mass is 286 g/mol. The van der Waals surface area contributed by atoms with Gasteiger partial charge in [0.1, 0.15) is 11.5 Å². The summed E-state index contributed by atoms with van der Waals surface area (Å²) >= 11 is 0. The summed E-state index contributed by atoms with van der Waals surface area (Å²) < 4.78 is 10.8. The standard InChI is InChI=1S/C12H10O2Si.2ClH/c1-3-7-11(8-4-1)13-15-14-12-9-5-2-6-10-12;;/h1-10H;2*1H. The lowest BCUT2D eigenvalue weighted by Crippen LogP contribution is -2.10. The Morgan fingerprint density at radius 2 is 0.941 bits per heavy atom. The van der Waals surface area contributed by atoms with Crippen molar-refractivity contribution in [2.45, 2.75) is 0 Å². The zero-order chi connectivity index (χ0) is 10.3. The molecule has 2 nitrogen and oxygen atoms in total. The zero-order valence-corrected chi connectivity index (χ0v) is 11.5. The van der Waals surface area contributed by atoms with E-state index in [-0.39, 0.29) is 34.8 Å². The number of benzene rings is 2. The van der Waals surface area contributed by atoms with E-state index in [0.29, 0.717) is 0 Å². The van der Waals surface area contributed by atoms with Crippen LogP contribution < -0.4 is 8.85 Å². The molecule has 0 spiro atoms. The van der Waals surface area contributed by atoms with Crippen molar-refractivity contribution in [2.75, 3.05) is 0 Å². The second kappa shape index (κ2) is 8.93. The molecule has 2 aromatic rings. The minimum atomic E-state index is -0.0129. The van der Waals surface area contributed by atoms with Gasteiger partial charge < -0.3 is 8.85 Å². The van der Waals surface area contributed by atoms with Crippen LogP contribution in [0.2, 0.25) is 0 Å². The van der Waals surface area contributed by atoms with Gasteiger partial charge in [0.15, 0.2) is 0 Å². The Morgan fingerprint density at radius 1 is 0.588 bits per heavy atom. The van der Waals surface area contributed by atoms with Crippen molar-refractivity contribution in [3.8, 4) is 11.5 Å². The van der Waals surface area contributed by atoms with E-state index in [1.165, 1.54) is 0 Å². The van der Waals surface area contributed by atoms with Crippen molar-refractivity contribution >= 4 is 34.8 Å². The van der Waals surface area contributed by atoms with Crippen molar-refractivity contribution in [3.05, 3.63) is 60.7 Å². The van der Waals surface area contributed by atoms with Gasteiger partial charge in [-0.1, -0.05) is 36.4 Å². The lowest BCUT2D eigenvalue weighted by Gasteiger charge is -2.05. The summed E-state index contributed by atoms with van der Waals surface area (Å²) in [5, 5.41) is 0. The van der Waals surface area contributed by atoms with E-state index in [0.717, 1.165) is 11.5 Å². The Balaban J connectivity index is 0.00000128. The molecule has 2 aromatic carbocycles. The van der Waals surface area contributed by atoms with Crippen molar-refractivity contribution in [2.24, 2.45) is 0 Å². The number of para-hydroxylation sites is 2. The molecule has 0 saturated carbocycles. The molecule has 0 atom stereocenters. The highest BCUT2D eigenvalue weighted by Crippen LogP contribution is 2.10. The van der Waals surface area contributed by atoms with Crippen LogP contribution in [0.25, 0.3) is 0 Å². The predicted molar refractivity (Wildman–Crippen MR) is 74.4 cm³/mol. The van der Waals surface area contributed by atoms with Crippen LogP contribution in [0.3, 0.4) is 0 Å². The first-order valence-corrected chi connectivity index (χ1v) is 5.45. The molecular formula is C12H12Cl2O2Si. The summed E-state index contributed by atoms with van der Waals surface area (Å²) in [7, 11) is -0.0129. The predicted octanol–water partition coefficient (Wildman–Crippen LogP) is 3.52. The van der Waals surface area contributed by atoms with Gasteiger partial charge in [0, 0.05) is 0 Å². The van der Waals surface area contributed by atoms with Crippen molar-refractivity contribution < 1.29 is 8.85 Å². The van der Waals surface area contributed by atoms with Crippen LogP contribution in [0, 0.1) is 0 Å². The van der Waals surface area contributed by atoms with Crippen LogP contribution in [-0.4, -0.2) is 10.0 Å². The Labute approximate surface area is 116 Å². The molecule has 0 bridgehead atoms. The van der Waals surface area contributed by atoms with E-state index >= 15 is 0 Å². The minimum Gasteiger partial charge on any atom is -0.508 e.